The first-order chi connectivity index (χ1) is 7.08. The van der Waals surface area contributed by atoms with E-state index in [0.29, 0.717) is 5.69 Å². The lowest BCUT2D eigenvalue weighted by molar-refractivity contribution is 0.471. The molecule has 0 fully saturated rings. The van der Waals surface area contributed by atoms with Gasteiger partial charge in [-0.2, -0.15) is 5.10 Å². The number of aryl methyl sites for hydroxylation is 3. The zero-order valence-corrected chi connectivity index (χ0v) is 9.15. The van der Waals surface area contributed by atoms with Crippen LogP contribution in [0.25, 0.3) is 5.69 Å². The fraction of sp³-hybridized carbons (Fsp3) is 0.250. The van der Waals surface area contributed by atoms with E-state index in [1.54, 1.807) is 17.8 Å². The molecule has 1 aromatic carbocycles. The predicted molar refractivity (Wildman–Crippen MR) is 59.4 cm³/mol. The summed E-state index contributed by atoms with van der Waals surface area (Å²) in [6, 6.07) is 6.11. The van der Waals surface area contributed by atoms with Crippen LogP contribution in [-0.2, 0) is 0 Å². The van der Waals surface area contributed by atoms with Crippen LogP contribution in [0, 0.1) is 20.8 Å². The molecule has 0 saturated heterocycles. The maximum Gasteiger partial charge on any atom is 0.156 e. The van der Waals surface area contributed by atoms with E-state index in [2.05, 4.69) is 31.1 Å². The highest BCUT2D eigenvalue weighted by atomic mass is 16.3. The van der Waals surface area contributed by atoms with E-state index < -0.39 is 0 Å². The van der Waals surface area contributed by atoms with Gasteiger partial charge < -0.3 is 5.11 Å². The molecule has 1 N–H and O–H groups in total. The van der Waals surface area contributed by atoms with Crippen molar-refractivity contribution in [2.75, 3.05) is 0 Å². The Kier molecular flexibility index (Phi) is 2.23. The van der Waals surface area contributed by atoms with E-state index in [1.165, 1.54) is 11.1 Å². The first-order valence-corrected chi connectivity index (χ1v) is 4.91. The van der Waals surface area contributed by atoms with E-state index in [-0.39, 0.29) is 5.75 Å². The fourth-order valence-electron chi connectivity index (χ4n) is 1.45. The largest absolute Gasteiger partial charge is 0.504 e. The van der Waals surface area contributed by atoms with Crippen molar-refractivity contribution in [3.63, 3.8) is 0 Å². The number of rotatable bonds is 1. The lowest BCUT2D eigenvalue weighted by atomic mass is 10.1. The molecule has 0 spiro atoms. The van der Waals surface area contributed by atoms with Crippen LogP contribution in [0.15, 0.2) is 24.4 Å². The first kappa shape index (κ1) is 9.77. The zero-order chi connectivity index (χ0) is 11.0. The Balaban J connectivity index is 2.49. The molecule has 0 saturated carbocycles. The highest BCUT2D eigenvalue weighted by Crippen LogP contribution is 2.18. The van der Waals surface area contributed by atoms with Crippen LogP contribution in [-0.4, -0.2) is 14.9 Å². The average Bonchev–Trinajstić information content (AvgIpc) is 2.52. The lowest BCUT2D eigenvalue weighted by Gasteiger charge is -2.04. The van der Waals surface area contributed by atoms with Gasteiger partial charge >= 0.3 is 0 Å². The second-order valence-electron chi connectivity index (χ2n) is 3.81. The Labute approximate surface area is 89.0 Å². The van der Waals surface area contributed by atoms with Crippen LogP contribution in [0.4, 0.5) is 0 Å². The summed E-state index contributed by atoms with van der Waals surface area (Å²) in [5, 5.41) is 13.7. The molecule has 78 valence electrons. The van der Waals surface area contributed by atoms with E-state index >= 15 is 0 Å². The maximum absolute atomic E-state index is 9.44. The van der Waals surface area contributed by atoms with Crippen molar-refractivity contribution in [2.45, 2.75) is 20.8 Å². The van der Waals surface area contributed by atoms with E-state index in [0.717, 1.165) is 5.69 Å². The van der Waals surface area contributed by atoms with Crippen molar-refractivity contribution in [1.29, 1.82) is 0 Å². The summed E-state index contributed by atoms with van der Waals surface area (Å²) >= 11 is 0. The van der Waals surface area contributed by atoms with Gasteiger partial charge in [-0.15, -0.1) is 0 Å². The monoisotopic (exact) mass is 202 g/mol. The average molecular weight is 202 g/mol. The van der Waals surface area contributed by atoms with Crippen molar-refractivity contribution in [2.24, 2.45) is 0 Å². The number of hydrogen-bond acceptors (Lipinski definition) is 2. The summed E-state index contributed by atoms with van der Waals surface area (Å²) in [6.07, 6.45) is 1.62. The van der Waals surface area contributed by atoms with E-state index in [4.69, 9.17) is 0 Å². The van der Waals surface area contributed by atoms with Gasteiger partial charge in [0.1, 0.15) is 5.69 Å². The number of aromatic hydroxyl groups is 1. The van der Waals surface area contributed by atoms with E-state index in [1.807, 2.05) is 6.07 Å². The minimum absolute atomic E-state index is 0.230. The van der Waals surface area contributed by atoms with Crippen LogP contribution in [0.3, 0.4) is 0 Å². The smallest absolute Gasteiger partial charge is 0.156 e. The van der Waals surface area contributed by atoms with E-state index in [9.17, 15) is 5.11 Å². The molecule has 3 nitrogen and oxygen atoms in total. The van der Waals surface area contributed by atoms with Gasteiger partial charge in [-0.05, 0) is 44.0 Å². The van der Waals surface area contributed by atoms with Crippen molar-refractivity contribution in [3.05, 3.63) is 41.2 Å². The minimum Gasteiger partial charge on any atom is -0.504 e. The Hall–Kier alpha value is -1.77. The van der Waals surface area contributed by atoms with Crippen LogP contribution in [0.5, 0.6) is 5.75 Å². The van der Waals surface area contributed by atoms with Gasteiger partial charge in [0, 0.05) is 0 Å². The predicted octanol–water partition coefficient (Wildman–Crippen LogP) is 2.50. The first-order valence-electron chi connectivity index (χ1n) is 4.91. The minimum atomic E-state index is 0.230. The third kappa shape index (κ3) is 1.73. The summed E-state index contributed by atoms with van der Waals surface area (Å²) in [6.45, 7) is 5.92. The maximum atomic E-state index is 9.44. The Morgan fingerprint density at radius 1 is 1.13 bits per heavy atom. The molecule has 3 heteroatoms. The number of nitrogens with zero attached hydrogens (tertiary/aromatic N) is 2. The third-order valence-electron chi connectivity index (χ3n) is 2.63. The second-order valence-corrected chi connectivity index (χ2v) is 3.81. The molecule has 0 aliphatic carbocycles. The molecule has 2 aromatic rings. The van der Waals surface area contributed by atoms with Crippen molar-refractivity contribution >= 4 is 0 Å². The highest BCUT2D eigenvalue weighted by Gasteiger charge is 2.04. The molecule has 0 atom stereocenters. The van der Waals surface area contributed by atoms with Crippen molar-refractivity contribution < 1.29 is 5.11 Å². The van der Waals surface area contributed by atoms with Gasteiger partial charge in [0.25, 0.3) is 0 Å². The van der Waals surface area contributed by atoms with Crippen molar-refractivity contribution in [1.82, 2.24) is 9.78 Å². The third-order valence-corrected chi connectivity index (χ3v) is 2.63. The molecule has 15 heavy (non-hydrogen) atoms. The molecule has 0 aliphatic rings. The van der Waals surface area contributed by atoms with Crippen LogP contribution < -0.4 is 0 Å². The van der Waals surface area contributed by atoms with Crippen molar-refractivity contribution in [3.8, 4) is 11.4 Å². The topological polar surface area (TPSA) is 38.0 Å². The standard InChI is InChI=1S/C12H14N2O/c1-8-4-5-11(6-9(8)2)14-7-12(15)10(3)13-14/h4-7,15H,1-3H3. The molecule has 0 aliphatic heterocycles. The van der Waals surface area contributed by atoms with Crippen LogP contribution >= 0.6 is 0 Å². The summed E-state index contributed by atoms with van der Waals surface area (Å²) < 4.78 is 1.69. The molecular weight excluding hydrogens is 188 g/mol. The van der Waals surface area contributed by atoms with Crippen LogP contribution in [0.1, 0.15) is 16.8 Å². The van der Waals surface area contributed by atoms with Gasteiger partial charge in [0.15, 0.2) is 5.75 Å². The molecule has 1 heterocycles. The van der Waals surface area contributed by atoms with Gasteiger partial charge in [0.05, 0.1) is 11.9 Å². The SMILES string of the molecule is Cc1ccc(-n2cc(O)c(C)n2)cc1C. The Morgan fingerprint density at radius 3 is 2.40 bits per heavy atom. The summed E-state index contributed by atoms with van der Waals surface area (Å²) in [5.74, 6) is 0.230. The number of aromatic nitrogens is 2. The van der Waals surface area contributed by atoms with Gasteiger partial charge in [-0.1, -0.05) is 6.07 Å². The molecule has 0 bridgehead atoms. The van der Waals surface area contributed by atoms with Gasteiger partial charge in [-0.25, -0.2) is 4.68 Å². The normalized spacial score (nSPS) is 10.6. The number of benzene rings is 1. The van der Waals surface area contributed by atoms with Gasteiger partial charge in [-0.3, -0.25) is 0 Å². The molecule has 0 radical (unpaired) electrons. The lowest BCUT2D eigenvalue weighted by Crippen LogP contribution is -1.96. The quantitative estimate of drug-likeness (QED) is 0.771. The zero-order valence-electron chi connectivity index (χ0n) is 9.15. The summed E-state index contributed by atoms with van der Waals surface area (Å²) in [5.41, 5.74) is 4.10. The number of hydrogen-bond donors (Lipinski definition) is 1. The molecule has 2 rings (SSSR count). The summed E-state index contributed by atoms with van der Waals surface area (Å²) in [7, 11) is 0. The molecule has 1 aromatic heterocycles. The second kappa shape index (κ2) is 3.42. The van der Waals surface area contributed by atoms with Crippen LogP contribution in [0.2, 0.25) is 0 Å². The highest BCUT2D eigenvalue weighted by molar-refractivity contribution is 5.40. The summed E-state index contributed by atoms with van der Waals surface area (Å²) in [4.78, 5) is 0. The molecular formula is C12H14N2O. The fourth-order valence-corrected chi connectivity index (χ4v) is 1.45. The Morgan fingerprint density at radius 2 is 1.87 bits per heavy atom. The van der Waals surface area contributed by atoms with Gasteiger partial charge in [0.2, 0.25) is 0 Å². The molecule has 0 amide bonds. The Bertz CT molecular complexity index is 481. The molecule has 0 unspecified atom stereocenters.